The van der Waals surface area contributed by atoms with E-state index in [4.69, 9.17) is 5.73 Å². The molecule has 1 aliphatic heterocycles. The molecule has 0 unspecified atom stereocenters. The van der Waals surface area contributed by atoms with Gasteiger partial charge in [0.2, 0.25) is 0 Å². The van der Waals surface area contributed by atoms with E-state index in [2.05, 4.69) is 4.98 Å². The lowest BCUT2D eigenvalue weighted by Crippen LogP contribution is -2.57. The highest BCUT2D eigenvalue weighted by molar-refractivity contribution is 5.92. The van der Waals surface area contributed by atoms with Gasteiger partial charge in [-0.25, -0.2) is 0 Å². The third kappa shape index (κ3) is 2.38. The monoisotopic (exact) mass is 245 g/mol. The molecule has 1 aliphatic rings. The second kappa shape index (κ2) is 3.99. The highest BCUT2D eigenvalue weighted by atomic mass is 19.4. The summed E-state index contributed by atoms with van der Waals surface area (Å²) >= 11 is 0. The number of rotatable bonds is 1. The number of pyridine rings is 1. The fourth-order valence-electron chi connectivity index (χ4n) is 1.53. The first-order valence-electron chi connectivity index (χ1n) is 4.96. The van der Waals surface area contributed by atoms with Crippen LogP contribution in [-0.2, 0) is 6.18 Å². The highest BCUT2D eigenvalue weighted by Crippen LogP contribution is 2.28. The number of alkyl halides is 3. The first-order valence-corrected chi connectivity index (χ1v) is 4.96. The van der Waals surface area contributed by atoms with Gasteiger partial charge in [0.25, 0.3) is 5.91 Å². The van der Waals surface area contributed by atoms with Gasteiger partial charge in [-0.2, -0.15) is 13.2 Å². The maximum Gasteiger partial charge on any atom is 0.417 e. The van der Waals surface area contributed by atoms with E-state index < -0.39 is 11.7 Å². The van der Waals surface area contributed by atoms with Crippen molar-refractivity contribution in [3.05, 3.63) is 29.6 Å². The van der Waals surface area contributed by atoms with Crippen LogP contribution in [0.25, 0.3) is 0 Å². The summed E-state index contributed by atoms with van der Waals surface area (Å²) in [5.74, 6) is -0.388. The molecule has 2 N–H and O–H groups in total. The minimum atomic E-state index is -4.44. The number of aromatic nitrogens is 1. The lowest BCUT2D eigenvalue weighted by atomic mass is 10.1. The van der Waals surface area contributed by atoms with Crippen molar-refractivity contribution >= 4 is 5.91 Å². The fraction of sp³-hybridized carbons (Fsp3) is 0.400. The van der Waals surface area contributed by atoms with E-state index in [-0.39, 0.29) is 17.6 Å². The average molecular weight is 245 g/mol. The molecular formula is C10H10F3N3O. The summed E-state index contributed by atoms with van der Waals surface area (Å²) in [7, 11) is 0. The van der Waals surface area contributed by atoms with Crippen LogP contribution in [0.3, 0.4) is 0 Å². The Bertz CT molecular complexity index is 423. The van der Waals surface area contributed by atoms with E-state index in [0.717, 1.165) is 12.1 Å². The molecule has 0 bridgehead atoms. The van der Waals surface area contributed by atoms with Gasteiger partial charge in [0.05, 0.1) is 5.56 Å². The Kier molecular flexibility index (Phi) is 2.78. The molecule has 4 nitrogen and oxygen atoms in total. The van der Waals surface area contributed by atoms with Gasteiger partial charge in [0.15, 0.2) is 0 Å². The van der Waals surface area contributed by atoms with Crippen LogP contribution in [0, 0.1) is 0 Å². The van der Waals surface area contributed by atoms with Gasteiger partial charge in [-0.05, 0) is 12.1 Å². The summed E-state index contributed by atoms with van der Waals surface area (Å²) < 4.78 is 36.8. The van der Waals surface area contributed by atoms with E-state index in [9.17, 15) is 18.0 Å². The van der Waals surface area contributed by atoms with Crippen LogP contribution in [0.2, 0.25) is 0 Å². The van der Waals surface area contributed by atoms with E-state index in [1.807, 2.05) is 0 Å². The quantitative estimate of drug-likeness (QED) is 0.799. The molecule has 0 aromatic carbocycles. The Morgan fingerprint density at radius 1 is 1.41 bits per heavy atom. The Labute approximate surface area is 95.2 Å². The third-order valence-corrected chi connectivity index (χ3v) is 2.51. The third-order valence-electron chi connectivity index (χ3n) is 2.51. The van der Waals surface area contributed by atoms with E-state index in [1.165, 1.54) is 4.90 Å². The Morgan fingerprint density at radius 3 is 2.47 bits per heavy atom. The van der Waals surface area contributed by atoms with E-state index in [0.29, 0.717) is 19.3 Å². The van der Waals surface area contributed by atoms with Gasteiger partial charge in [-0.15, -0.1) is 0 Å². The van der Waals surface area contributed by atoms with E-state index >= 15 is 0 Å². The summed E-state index contributed by atoms with van der Waals surface area (Å²) in [4.78, 5) is 16.6. The molecule has 1 amide bonds. The highest BCUT2D eigenvalue weighted by Gasteiger charge is 2.32. The van der Waals surface area contributed by atoms with Crippen molar-refractivity contribution in [3.63, 3.8) is 0 Å². The van der Waals surface area contributed by atoms with Gasteiger partial charge in [-0.3, -0.25) is 9.78 Å². The molecule has 0 atom stereocenters. The van der Waals surface area contributed by atoms with Crippen LogP contribution in [0.5, 0.6) is 0 Å². The second-order valence-electron chi connectivity index (χ2n) is 3.90. The topological polar surface area (TPSA) is 59.2 Å². The van der Waals surface area contributed by atoms with Gasteiger partial charge >= 0.3 is 6.18 Å². The molecule has 0 aliphatic carbocycles. The Balaban J connectivity index is 2.10. The summed E-state index contributed by atoms with van der Waals surface area (Å²) in [6.45, 7) is 0.836. The fourth-order valence-corrected chi connectivity index (χ4v) is 1.53. The van der Waals surface area contributed by atoms with Gasteiger partial charge in [0, 0.05) is 25.3 Å². The normalized spacial score (nSPS) is 16.8. The molecule has 1 aromatic heterocycles. The maximum absolute atomic E-state index is 12.3. The van der Waals surface area contributed by atoms with Gasteiger partial charge in [0.1, 0.15) is 5.69 Å². The number of nitrogens with two attached hydrogens (primary N) is 1. The summed E-state index contributed by atoms with van der Waals surface area (Å²) in [5, 5.41) is 0. The molecular weight excluding hydrogens is 235 g/mol. The van der Waals surface area contributed by atoms with E-state index in [1.54, 1.807) is 0 Å². The van der Waals surface area contributed by atoms with Crippen LogP contribution < -0.4 is 5.73 Å². The van der Waals surface area contributed by atoms with Crippen LogP contribution in [0.15, 0.2) is 18.3 Å². The predicted octanol–water partition coefficient (Wildman–Crippen LogP) is 0.883. The van der Waals surface area contributed by atoms with Crippen LogP contribution in [-0.4, -0.2) is 34.9 Å². The molecule has 92 valence electrons. The smallest absolute Gasteiger partial charge is 0.334 e. The van der Waals surface area contributed by atoms with Crippen molar-refractivity contribution in [1.82, 2.24) is 9.88 Å². The largest absolute Gasteiger partial charge is 0.417 e. The lowest BCUT2D eigenvalue weighted by molar-refractivity contribution is -0.137. The first-order chi connectivity index (χ1) is 7.88. The molecule has 7 heteroatoms. The predicted molar refractivity (Wildman–Crippen MR) is 53.1 cm³/mol. The molecule has 2 rings (SSSR count). The number of carbonyl (C=O) groups is 1. The Morgan fingerprint density at radius 2 is 2.06 bits per heavy atom. The summed E-state index contributed by atoms with van der Waals surface area (Å²) in [5.41, 5.74) is 4.64. The number of hydrogen-bond donors (Lipinski definition) is 1. The molecule has 17 heavy (non-hydrogen) atoms. The molecule has 0 spiro atoms. The Hall–Kier alpha value is -1.63. The van der Waals surface area contributed by atoms with Crippen LogP contribution in [0.4, 0.5) is 13.2 Å². The number of halogens is 3. The van der Waals surface area contributed by atoms with Crippen molar-refractivity contribution < 1.29 is 18.0 Å². The number of amides is 1. The van der Waals surface area contributed by atoms with Crippen molar-refractivity contribution in [3.8, 4) is 0 Å². The SMILES string of the molecule is NC1CN(C(=O)c2ccc(C(F)(F)F)cn2)C1. The maximum atomic E-state index is 12.3. The molecule has 1 aromatic rings. The van der Waals surface area contributed by atoms with Crippen molar-refractivity contribution in [1.29, 1.82) is 0 Å². The summed E-state index contributed by atoms with van der Waals surface area (Å²) in [6, 6.07) is 1.88. The first kappa shape index (κ1) is 11.8. The van der Waals surface area contributed by atoms with Crippen molar-refractivity contribution in [2.24, 2.45) is 5.73 Å². The number of likely N-dealkylation sites (tertiary alicyclic amines) is 1. The number of nitrogens with zero attached hydrogens (tertiary/aromatic N) is 2. The lowest BCUT2D eigenvalue weighted by Gasteiger charge is -2.36. The molecule has 1 fully saturated rings. The van der Waals surface area contributed by atoms with Gasteiger partial charge in [-0.1, -0.05) is 0 Å². The number of hydrogen-bond acceptors (Lipinski definition) is 3. The molecule has 0 saturated carbocycles. The zero-order chi connectivity index (χ0) is 12.6. The molecule has 1 saturated heterocycles. The van der Waals surface area contributed by atoms with Gasteiger partial charge < -0.3 is 10.6 Å². The minimum absolute atomic E-state index is 0.00454. The standard InChI is InChI=1S/C10H10F3N3O/c11-10(12,13)6-1-2-8(15-3-6)9(17)16-4-7(14)5-16/h1-3,7H,4-5,14H2. The zero-order valence-corrected chi connectivity index (χ0v) is 8.74. The van der Waals surface area contributed by atoms with Crippen molar-refractivity contribution in [2.45, 2.75) is 12.2 Å². The zero-order valence-electron chi connectivity index (χ0n) is 8.74. The minimum Gasteiger partial charge on any atom is -0.334 e. The van der Waals surface area contributed by atoms with Crippen LogP contribution >= 0.6 is 0 Å². The van der Waals surface area contributed by atoms with Crippen molar-refractivity contribution in [2.75, 3.05) is 13.1 Å². The molecule has 2 heterocycles. The second-order valence-corrected chi connectivity index (χ2v) is 3.90. The summed E-state index contributed by atoms with van der Waals surface area (Å²) in [6.07, 6.45) is -3.78. The average Bonchev–Trinajstić information content (AvgIpc) is 2.23. The molecule has 0 radical (unpaired) electrons. The number of carbonyl (C=O) groups excluding carboxylic acids is 1. The van der Waals surface area contributed by atoms with Crippen LogP contribution in [0.1, 0.15) is 16.1 Å².